The minimum Gasteiger partial charge on any atom is -0.378 e. The van der Waals surface area contributed by atoms with Crippen LogP contribution in [-0.4, -0.2) is 46.0 Å². The zero-order valence-corrected chi connectivity index (χ0v) is 13.6. The summed E-state index contributed by atoms with van der Waals surface area (Å²) in [6.07, 6.45) is 2.86. The Morgan fingerprint density at radius 2 is 1.95 bits per heavy atom. The van der Waals surface area contributed by atoms with Crippen LogP contribution >= 0.6 is 0 Å². The molecule has 2 N–H and O–H groups in total. The van der Waals surface area contributed by atoms with Crippen molar-refractivity contribution >= 4 is 10.0 Å². The quantitative estimate of drug-likeness (QED) is 0.771. The fourth-order valence-electron chi connectivity index (χ4n) is 3.19. The summed E-state index contributed by atoms with van der Waals surface area (Å²) in [5.41, 5.74) is -0.114. The predicted molar refractivity (Wildman–Crippen MR) is 80.1 cm³/mol. The monoisotopic (exact) mass is 304 g/mol. The second kappa shape index (κ2) is 6.30. The number of hydrogen-bond acceptors (Lipinski definition) is 4. The van der Waals surface area contributed by atoms with E-state index >= 15 is 0 Å². The van der Waals surface area contributed by atoms with Crippen molar-refractivity contribution in [2.75, 3.05) is 25.4 Å². The van der Waals surface area contributed by atoms with E-state index in [2.05, 4.69) is 23.9 Å². The van der Waals surface area contributed by atoms with Crippen LogP contribution in [0.15, 0.2) is 0 Å². The normalized spacial score (nSPS) is 30.9. The summed E-state index contributed by atoms with van der Waals surface area (Å²) in [4.78, 5) is 0. The molecule has 0 aromatic carbocycles. The molecule has 2 atom stereocenters. The Morgan fingerprint density at radius 3 is 2.50 bits per heavy atom. The van der Waals surface area contributed by atoms with Gasteiger partial charge in [0.15, 0.2) is 0 Å². The van der Waals surface area contributed by atoms with Crippen molar-refractivity contribution in [3.63, 3.8) is 0 Å². The first-order chi connectivity index (χ1) is 9.35. The van der Waals surface area contributed by atoms with E-state index in [1.165, 1.54) is 0 Å². The zero-order valence-electron chi connectivity index (χ0n) is 12.8. The molecule has 0 radical (unpaired) electrons. The third-order valence-corrected chi connectivity index (χ3v) is 6.34. The average Bonchev–Trinajstić information content (AvgIpc) is 2.38. The minimum absolute atomic E-state index is 0.00534. The summed E-state index contributed by atoms with van der Waals surface area (Å²) in [5, 5.41) is 3.26. The highest BCUT2D eigenvalue weighted by molar-refractivity contribution is 7.89. The van der Waals surface area contributed by atoms with Gasteiger partial charge in [-0.25, -0.2) is 13.1 Å². The Kier molecular flexibility index (Phi) is 5.10. The van der Waals surface area contributed by atoms with E-state index in [1.54, 1.807) is 0 Å². The van der Waals surface area contributed by atoms with E-state index in [0.29, 0.717) is 12.5 Å². The highest BCUT2D eigenvalue weighted by atomic mass is 32.2. The van der Waals surface area contributed by atoms with Crippen LogP contribution in [0.3, 0.4) is 0 Å². The van der Waals surface area contributed by atoms with Crippen LogP contribution in [0.1, 0.15) is 40.0 Å². The van der Waals surface area contributed by atoms with Crippen LogP contribution in [-0.2, 0) is 14.8 Å². The molecular formula is C14H28N2O3S. The van der Waals surface area contributed by atoms with Crippen LogP contribution in [0.5, 0.6) is 0 Å². The van der Waals surface area contributed by atoms with Gasteiger partial charge in [0.2, 0.25) is 10.0 Å². The lowest BCUT2D eigenvalue weighted by molar-refractivity contribution is -0.108. The van der Waals surface area contributed by atoms with Crippen molar-refractivity contribution in [3.8, 4) is 0 Å². The zero-order chi connectivity index (χ0) is 14.8. The summed E-state index contributed by atoms with van der Waals surface area (Å²) in [6, 6.07) is 0.00534. The van der Waals surface area contributed by atoms with Gasteiger partial charge in [-0.3, -0.25) is 0 Å². The molecule has 1 saturated heterocycles. The van der Waals surface area contributed by atoms with Gasteiger partial charge >= 0.3 is 0 Å². The first-order valence-electron chi connectivity index (χ1n) is 7.67. The molecule has 1 aliphatic carbocycles. The van der Waals surface area contributed by atoms with Gasteiger partial charge in [-0.15, -0.1) is 0 Å². The van der Waals surface area contributed by atoms with Crippen LogP contribution in [0, 0.1) is 11.3 Å². The molecule has 118 valence electrons. The molecule has 0 aromatic rings. The van der Waals surface area contributed by atoms with Crippen molar-refractivity contribution in [2.45, 2.75) is 52.2 Å². The van der Waals surface area contributed by atoms with Crippen LogP contribution in [0.25, 0.3) is 0 Å². The van der Waals surface area contributed by atoms with Crippen molar-refractivity contribution < 1.29 is 13.2 Å². The molecule has 0 amide bonds. The summed E-state index contributed by atoms with van der Waals surface area (Å²) < 4.78 is 33.1. The molecule has 2 rings (SSSR count). The summed E-state index contributed by atoms with van der Waals surface area (Å²) >= 11 is 0. The van der Waals surface area contributed by atoms with Crippen molar-refractivity contribution in [3.05, 3.63) is 0 Å². The van der Waals surface area contributed by atoms with Gasteiger partial charge in [0, 0.05) is 18.1 Å². The second-order valence-electron chi connectivity index (χ2n) is 6.65. The summed E-state index contributed by atoms with van der Waals surface area (Å²) in [6.45, 7) is 8.68. The van der Waals surface area contributed by atoms with Crippen LogP contribution < -0.4 is 10.0 Å². The van der Waals surface area contributed by atoms with Gasteiger partial charge in [0.1, 0.15) is 0 Å². The third-order valence-electron chi connectivity index (χ3n) is 4.78. The maximum atomic E-state index is 12.3. The largest absolute Gasteiger partial charge is 0.378 e. The number of hydrogen-bond donors (Lipinski definition) is 2. The molecule has 2 fully saturated rings. The lowest BCUT2D eigenvalue weighted by Crippen LogP contribution is -2.62. The molecule has 0 spiro atoms. The topological polar surface area (TPSA) is 67.4 Å². The van der Waals surface area contributed by atoms with Crippen molar-refractivity contribution in [1.82, 2.24) is 10.0 Å². The molecule has 0 bridgehead atoms. The van der Waals surface area contributed by atoms with Crippen LogP contribution in [0.2, 0.25) is 0 Å². The van der Waals surface area contributed by atoms with Gasteiger partial charge in [-0.2, -0.15) is 0 Å². The molecule has 0 aromatic heterocycles. The van der Waals surface area contributed by atoms with Crippen molar-refractivity contribution in [1.29, 1.82) is 0 Å². The maximum Gasteiger partial charge on any atom is 0.212 e. The average molecular weight is 304 g/mol. The lowest BCUT2D eigenvalue weighted by Gasteiger charge is -2.51. The van der Waals surface area contributed by atoms with E-state index in [9.17, 15) is 8.42 Å². The lowest BCUT2D eigenvalue weighted by atomic mass is 9.65. The summed E-state index contributed by atoms with van der Waals surface area (Å²) in [7, 11) is -3.18. The molecule has 2 aliphatic rings. The molecule has 1 saturated carbocycles. The van der Waals surface area contributed by atoms with E-state index in [4.69, 9.17) is 4.74 Å². The highest BCUT2D eigenvalue weighted by Gasteiger charge is 2.50. The number of rotatable bonds is 6. The Hall–Kier alpha value is -0.170. The van der Waals surface area contributed by atoms with Gasteiger partial charge < -0.3 is 10.1 Å². The third kappa shape index (κ3) is 3.72. The Balaban J connectivity index is 1.86. The molecule has 5 nitrogen and oxygen atoms in total. The standard InChI is InChI=1S/C14H28N2O3S/c1-4-19-13-9-12(14(13,2)3)16-20(17,18)10-11-5-7-15-8-6-11/h11-13,15-16H,4-10H2,1-3H3. The van der Waals surface area contributed by atoms with Crippen LogP contribution in [0.4, 0.5) is 0 Å². The molecule has 6 heteroatoms. The Morgan fingerprint density at radius 1 is 1.30 bits per heavy atom. The van der Waals surface area contributed by atoms with Crippen molar-refractivity contribution in [2.24, 2.45) is 11.3 Å². The van der Waals surface area contributed by atoms with Gasteiger partial charge in [-0.05, 0) is 45.2 Å². The van der Waals surface area contributed by atoms with Gasteiger partial charge in [0.05, 0.1) is 11.9 Å². The van der Waals surface area contributed by atoms with E-state index in [-0.39, 0.29) is 23.3 Å². The first kappa shape index (κ1) is 16.2. The first-order valence-corrected chi connectivity index (χ1v) is 9.32. The molecule has 1 heterocycles. The van der Waals surface area contributed by atoms with E-state index in [1.807, 2.05) is 6.92 Å². The van der Waals surface area contributed by atoms with Gasteiger partial charge in [-0.1, -0.05) is 13.8 Å². The number of piperidine rings is 1. The highest BCUT2D eigenvalue weighted by Crippen LogP contribution is 2.43. The molecule has 2 unspecified atom stereocenters. The van der Waals surface area contributed by atoms with E-state index in [0.717, 1.165) is 32.4 Å². The minimum atomic E-state index is -3.18. The summed E-state index contributed by atoms with van der Waals surface area (Å²) in [5.74, 6) is 0.556. The fraction of sp³-hybridized carbons (Fsp3) is 1.00. The van der Waals surface area contributed by atoms with Gasteiger partial charge in [0.25, 0.3) is 0 Å². The Labute approximate surface area is 122 Å². The SMILES string of the molecule is CCOC1CC(NS(=O)(=O)CC2CCNCC2)C1(C)C. The number of sulfonamides is 1. The molecule has 20 heavy (non-hydrogen) atoms. The fourth-order valence-corrected chi connectivity index (χ4v) is 5.08. The second-order valence-corrected chi connectivity index (χ2v) is 8.44. The number of ether oxygens (including phenoxy) is 1. The molecular weight excluding hydrogens is 276 g/mol. The Bertz CT molecular complexity index is 416. The maximum absolute atomic E-state index is 12.3. The number of nitrogens with one attached hydrogen (secondary N) is 2. The molecule has 1 aliphatic heterocycles. The predicted octanol–water partition coefficient (Wildman–Crippen LogP) is 1.11. The smallest absolute Gasteiger partial charge is 0.212 e. The van der Waals surface area contributed by atoms with E-state index < -0.39 is 10.0 Å².